The van der Waals surface area contributed by atoms with Crippen molar-refractivity contribution >= 4 is 17.5 Å². The SMILES string of the molecule is COc1ccc(C2CC(c3cccc(OC)c3)=NN2C(=O)CN(CCN2CCOCC2)C(=O)C2CC2)cc1. The van der Waals surface area contributed by atoms with E-state index in [0.29, 0.717) is 26.2 Å². The van der Waals surface area contributed by atoms with Gasteiger partial charge in [0.15, 0.2) is 0 Å². The lowest BCUT2D eigenvalue weighted by molar-refractivity contribution is -0.142. The first-order chi connectivity index (χ1) is 18.6. The highest BCUT2D eigenvalue weighted by Crippen LogP contribution is 2.35. The molecule has 1 aliphatic carbocycles. The molecule has 2 heterocycles. The van der Waals surface area contributed by atoms with Gasteiger partial charge in [0.2, 0.25) is 5.91 Å². The van der Waals surface area contributed by atoms with Crippen LogP contribution in [0.4, 0.5) is 0 Å². The molecule has 2 aromatic rings. The van der Waals surface area contributed by atoms with Crippen molar-refractivity contribution in [1.82, 2.24) is 14.8 Å². The molecule has 1 saturated heterocycles. The molecule has 5 rings (SSSR count). The summed E-state index contributed by atoms with van der Waals surface area (Å²) in [4.78, 5) is 31.0. The second-order valence-corrected chi connectivity index (χ2v) is 10.00. The number of hydrogen-bond acceptors (Lipinski definition) is 7. The van der Waals surface area contributed by atoms with Crippen LogP contribution in [-0.2, 0) is 14.3 Å². The van der Waals surface area contributed by atoms with E-state index in [0.717, 1.165) is 60.8 Å². The average molecular weight is 521 g/mol. The van der Waals surface area contributed by atoms with Gasteiger partial charge in [0.1, 0.15) is 18.0 Å². The first-order valence-electron chi connectivity index (χ1n) is 13.3. The standard InChI is InChI=1S/C29H36N4O5/c1-36-24-10-8-21(9-11-24)27-19-26(23-4-3-5-25(18-23)37-2)30-33(27)28(34)20-32(29(35)22-6-7-22)13-12-31-14-16-38-17-15-31/h3-5,8-11,18,22,27H,6-7,12-17,19-20H2,1-2H3. The van der Waals surface area contributed by atoms with Crippen molar-refractivity contribution in [2.45, 2.75) is 25.3 Å². The molecule has 2 fully saturated rings. The maximum absolute atomic E-state index is 13.8. The molecule has 2 aromatic carbocycles. The monoisotopic (exact) mass is 520 g/mol. The Labute approximate surface area is 223 Å². The number of benzene rings is 2. The molecular formula is C29H36N4O5. The minimum absolute atomic E-state index is 0.0151. The third kappa shape index (κ3) is 6.16. The molecule has 1 atom stereocenters. The normalized spacial score (nSPS) is 19.7. The summed E-state index contributed by atoms with van der Waals surface area (Å²) in [5.41, 5.74) is 2.69. The predicted molar refractivity (Wildman–Crippen MR) is 143 cm³/mol. The van der Waals surface area contributed by atoms with E-state index in [1.165, 1.54) is 0 Å². The summed E-state index contributed by atoms with van der Waals surface area (Å²) in [6, 6.07) is 15.2. The third-order valence-electron chi connectivity index (χ3n) is 7.42. The number of amides is 2. The van der Waals surface area contributed by atoms with Gasteiger partial charge < -0.3 is 19.1 Å². The first kappa shape index (κ1) is 26.2. The maximum Gasteiger partial charge on any atom is 0.262 e. The minimum atomic E-state index is -0.272. The summed E-state index contributed by atoms with van der Waals surface area (Å²) in [6.45, 7) is 4.37. The fourth-order valence-corrected chi connectivity index (χ4v) is 4.98. The predicted octanol–water partition coefficient (Wildman–Crippen LogP) is 2.95. The van der Waals surface area contributed by atoms with E-state index in [-0.39, 0.29) is 30.3 Å². The molecule has 1 unspecified atom stereocenters. The van der Waals surface area contributed by atoms with Crippen molar-refractivity contribution in [2.75, 3.05) is 60.2 Å². The zero-order valence-corrected chi connectivity index (χ0v) is 22.2. The lowest BCUT2D eigenvalue weighted by Gasteiger charge is -2.31. The molecule has 0 bridgehead atoms. The van der Waals surface area contributed by atoms with Gasteiger partial charge in [0.25, 0.3) is 5.91 Å². The van der Waals surface area contributed by atoms with Gasteiger partial charge in [0.05, 0.1) is 39.2 Å². The van der Waals surface area contributed by atoms with E-state index in [2.05, 4.69) is 4.90 Å². The Morgan fingerprint density at radius 2 is 1.76 bits per heavy atom. The summed E-state index contributed by atoms with van der Waals surface area (Å²) >= 11 is 0. The van der Waals surface area contributed by atoms with Gasteiger partial charge in [-0.15, -0.1) is 0 Å². The van der Waals surface area contributed by atoms with Crippen LogP contribution in [0.5, 0.6) is 11.5 Å². The highest BCUT2D eigenvalue weighted by molar-refractivity contribution is 6.03. The van der Waals surface area contributed by atoms with Crippen LogP contribution in [-0.4, -0.2) is 92.5 Å². The van der Waals surface area contributed by atoms with Crippen molar-refractivity contribution in [1.29, 1.82) is 0 Å². The van der Waals surface area contributed by atoms with E-state index in [1.807, 2.05) is 48.5 Å². The van der Waals surface area contributed by atoms with Crippen molar-refractivity contribution < 1.29 is 23.8 Å². The van der Waals surface area contributed by atoms with Crippen LogP contribution in [0.2, 0.25) is 0 Å². The van der Waals surface area contributed by atoms with Crippen molar-refractivity contribution in [2.24, 2.45) is 11.0 Å². The third-order valence-corrected chi connectivity index (χ3v) is 7.42. The number of nitrogens with zero attached hydrogens (tertiary/aromatic N) is 4. The van der Waals surface area contributed by atoms with Crippen LogP contribution < -0.4 is 9.47 Å². The summed E-state index contributed by atoms with van der Waals surface area (Å²) in [5.74, 6) is 1.42. The summed E-state index contributed by atoms with van der Waals surface area (Å²) in [5, 5.41) is 6.37. The maximum atomic E-state index is 13.8. The van der Waals surface area contributed by atoms with Gasteiger partial charge in [-0.3, -0.25) is 14.5 Å². The average Bonchev–Trinajstić information content (AvgIpc) is 3.73. The lowest BCUT2D eigenvalue weighted by Crippen LogP contribution is -2.47. The number of morpholine rings is 1. The van der Waals surface area contributed by atoms with Crippen LogP contribution in [0, 0.1) is 5.92 Å². The van der Waals surface area contributed by atoms with Crippen LogP contribution in [0.15, 0.2) is 53.6 Å². The van der Waals surface area contributed by atoms with Crippen molar-refractivity contribution in [3.05, 3.63) is 59.7 Å². The summed E-state index contributed by atoms with van der Waals surface area (Å²) in [6.07, 6.45) is 2.37. The molecule has 9 heteroatoms. The fraction of sp³-hybridized carbons (Fsp3) is 0.483. The molecule has 3 aliphatic rings. The van der Waals surface area contributed by atoms with Gasteiger partial charge in [-0.2, -0.15) is 5.10 Å². The van der Waals surface area contributed by atoms with Crippen molar-refractivity contribution in [3.63, 3.8) is 0 Å². The molecule has 202 valence electrons. The first-order valence-corrected chi connectivity index (χ1v) is 13.3. The number of hydrazone groups is 1. The van der Waals surface area contributed by atoms with Crippen LogP contribution in [0.3, 0.4) is 0 Å². The Morgan fingerprint density at radius 3 is 2.45 bits per heavy atom. The summed E-state index contributed by atoms with van der Waals surface area (Å²) < 4.78 is 16.2. The molecular weight excluding hydrogens is 484 g/mol. The van der Waals surface area contributed by atoms with Gasteiger partial charge in [-0.05, 0) is 42.7 Å². The number of methoxy groups -OCH3 is 2. The number of rotatable bonds is 10. The van der Waals surface area contributed by atoms with Gasteiger partial charge in [-0.25, -0.2) is 5.01 Å². The second-order valence-electron chi connectivity index (χ2n) is 10.00. The fourth-order valence-electron chi connectivity index (χ4n) is 4.98. The van der Waals surface area contributed by atoms with E-state index in [4.69, 9.17) is 19.3 Å². The Hall–Kier alpha value is -3.43. The second kappa shape index (κ2) is 12.0. The van der Waals surface area contributed by atoms with Crippen LogP contribution in [0.25, 0.3) is 0 Å². The topological polar surface area (TPSA) is 83.9 Å². The molecule has 0 radical (unpaired) electrons. The number of hydrogen-bond donors (Lipinski definition) is 0. The number of ether oxygens (including phenoxy) is 3. The highest BCUT2D eigenvalue weighted by Gasteiger charge is 2.38. The molecule has 0 spiro atoms. The number of carbonyl (C=O) groups is 2. The van der Waals surface area contributed by atoms with Crippen LogP contribution >= 0.6 is 0 Å². The highest BCUT2D eigenvalue weighted by atomic mass is 16.5. The van der Waals surface area contributed by atoms with E-state index < -0.39 is 0 Å². The molecule has 9 nitrogen and oxygen atoms in total. The minimum Gasteiger partial charge on any atom is -0.497 e. The molecule has 0 aromatic heterocycles. The lowest BCUT2D eigenvalue weighted by atomic mass is 9.98. The van der Waals surface area contributed by atoms with Gasteiger partial charge >= 0.3 is 0 Å². The molecule has 2 amide bonds. The largest absolute Gasteiger partial charge is 0.497 e. The van der Waals surface area contributed by atoms with Crippen molar-refractivity contribution in [3.8, 4) is 11.5 Å². The zero-order chi connectivity index (χ0) is 26.5. The summed E-state index contributed by atoms with van der Waals surface area (Å²) in [7, 11) is 3.26. The van der Waals surface area contributed by atoms with Gasteiger partial charge in [-0.1, -0.05) is 24.3 Å². The Morgan fingerprint density at radius 1 is 1.03 bits per heavy atom. The molecule has 38 heavy (non-hydrogen) atoms. The van der Waals surface area contributed by atoms with Gasteiger partial charge in [0, 0.05) is 44.1 Å². The Bertz CT molecular complexity index is 1160. The molecule has 1 saturated carbocycles. The Kier molecular flexibility index (Phi) is 8.24. The van der Waals surface area contributed by atoms with E-state index in [9.17, 15) is 9.59 Å². The zero-order valence-electron chi connectivity index (χ0n) is 22.2. The Balaban J connectivity index is 1.37. The quantitative estimate of drug-likeness (QED) is 0.479. The molecule has 2 aliphatic heterocycles. The van der Waals surface area contributed by atoms with E-state index >= 15 is 0 Å². The molecule has 0 N–H and O–H groups in total. The van der Waals surface area contributed by atoms with E-state index in [1.54, 1.807) is 24.1 Å². The number of carbonyl (C=O) groups excluding carboxylic acids is 2. The van der Waals surface area contributed by atoms with Crippen LogP contribution in [0.1, 0.15) is 36.4 Å². The smallest absolute Gasteiger partial charge is 0.262 e.